The topological polar surface area (TPSA) is 73.2 Å². The van der Waals surface area contributed by atoms with E-state index in [1.54, 1.807) is 29.9 Å². The molecule has 0 radical (unpaired) electrons. The van der Waals surface area contributed by atoms with E-state index in [0.29, 0.717) is 17.4 Å². The smallest absolute Gasteiger partial charge is 0.338 e. The predicted molar refractivity (Wildman–Crippen MR) is 107 cm³/mol. The van der Waals surface area contributed by atoms with Gasteiger partial charge in [-0.25, -0.2) is 9.48 Å². The average Bonchev–Trinajstić information content (AvgIpc) is 3.11. The van der Waals surface area contributed by atoms with Gasteiger partial charge in [-0.15, -0.1) is 0 Å². The van der Waals surface area contributed by atoms with Crippen LogP contribution in [0.5, 0.6) is 0 Å². The van der Waals surface area contributed by atoms with Crippen molar-refractivity contribution in [1.82, 2.24) is 15.1 Å². The highest BCUT2D eigenvalue weighted by atomic mass is 16.5. The van der Waals surface area contributed by atoms with Gasteiger partial charge >= 0.3 is 5.97 Å². The molecular formula is C22H29N3O3. The molecule has 1 fully saturated rings. The van der Waals surface area contributed by atoms with E-state index >= 15 is 0 Å². The third kappa shape index (κ3) is 4.43. The lowest BCUT2D eigenvalue weighted by Gasteiger charge is -2.35. The maximum atomic E-state index is 12.5. The monoisotopic (exact) mass is 383 g/mol. The maximum absolute atomic E-state index is 12.5. The molecule has 1 saturated carbocycles. The highest BCUT2D eigenvalue weighted by Crippen LogP contribution is 2.29. The molecule has 4 atom stereocenters. The van der Waals surface area contributed by atoms with Crippen LogP contribution >= 0.6 is 0 Å². The first kappa shape index (κ1) is 20.1. The Morgan fingerprint density at radius 3 is 2.54 bits per heavy atom. The molecule has 28 heavy (non-hydrogen) atoms. The summed E-state index contributed by atoms with van der Waals surface area (Å²) in [4.78, 5) is 24.9. The Hall–Kier alpha value is -2.63. The number of amides is 1. The third-order valence-corrected chi connectivity index (χ3v) is 5.87. The fraction of sp³-hybridized carbons (Fsp3) is 0.500. The van der Waals surface area contributed by atoms with Crippen molar-refractivity contribution >= 4 is 11.9 Å². The number of rotatable bonds is 5. The third-order valence-electron chi connectivity index (χ3n) is 5.87. The summed E-state index contributed by atoms with van der Waals surface area (Å²) >= 11 is 0. The maximum Gasteiger partial charge on any atom is 0.338 e. The minimum Gasteiger partial charge on any atom is -0.449 e. The van der Waals surface area contributed by atoms with Gasteiger partial charge in [0, 0.05) is 17.9 Å². The first-order chi connectivity index (χ1) is 13.4. The molecule has 6 heteroatoms. The van der Waals surface area contributed by atoms with Gasteiger partial charge in [0.25, 0.3) is 5.91 Å². The van der Waals surface area contributed by atoms with Gasteiger partial charge in [0.05, 0.1) is 11.3 Å². The lowest BCUT2D eigenvalue weighted by atomic mass is 9.78. The zero-order valence-corrected chi connectivity index (χ0v) is 17.0. The standard InChI is InChI=1S/C22H29N3O3/c1-14-6-5-7-20(16(14)3)24-21(26)17(4)28-22(27)18-8-10-19(11-9-18)25-15(2)12-13-23-25/h8-14,16-17,20H,5-7H2,1-4H3,(H,24,26)/t14-,16-,17-,20-/m0/s1. The Morgan fingerprint density at radius 2 is 1.89 bits per heavy atom. The van der Waals surface area contributed by atoms with Crippen LogP contribution in [0.4, 0.5) is 0 Å². The summed E-state index contributed by atoms with van der Waals surface area (Å²) in [5.41, 5.74) is 2.28. The van der Waals surface area contributed by atoms with Crippen molar-refractivity contribution in [1.29, 1.82) is 0 Å². The number of benzene rings is 1. The summed E-state index contributed by atoms with van der Waals surface area (Å²) in [5.74, 6) is 0.285. The van der Waals surface area contributed by atoms with Gasteiger partial charge in [-0.05, 0) is 62.4 Å². The van der Waals surface area contributed by atoms with Gasteiger partial charge in [0.15, 0.2) is 6.10 Å². The molecule has 1 amide bonds. The molecule has 0 saturated heterocycles. The van der Waals surface area contributed by atoms with Gasteiger partial charge in [0.2, 0.25) is 0 Å². The molecule has 6 nitrogen and oxygen atoms in total. The average molecular weight is 383 g/mol. The number of carbonyl (C=O) groups excluding carboxylic acids is 2. The zero-order chi connectivity index (χ0) is 20.3. The molecule has 0 bridgehead atoms. The summed E-state index contributed by atoms with van der Waals surface area (Å²) in [6, 6.07) is 9.06. The second-order valence-electron chi connectivity index (χ2n) is 7.86. The second kappa shape index (κ2) is 8.59. The lowest BCUT2D eigenvalue weighted by molar-refractivity contribution is -0.130. The number of aryl methyl sites for hydroxylation is 1. The molecule has 1 aliphatic rings. The Balaban J connectivity index is 1.57. The van der Waals surface area contributed by atoms with Crippen LogP contribution in [0.3, 0.4) is 0 Å². The Morgan fingerprint density at radius 1 is 1.18 bits per heavy atom. The van der Waals surface area contributed by atoms with Crippen LogP contribution in [0, 0.1) is 18.8 Å². The number of hydrogen-bond donors (Lipinski definition) is 1. The van der Waals surface area contributed by atoms with E-state index in [-0.39, 0.29) is 11.9 Å². The van der Waals surface area contributed by atoms with Crippen LogP contribution in [0.1, 0.15) is 56.1 Å². The van der Waals surface area contributed by atoms with Crippen molar-refractivity contribution in [2.45, 2.75) is 59.1 Å². The first-order valence-electron chi connectivity index (χ1n) is 9.99. The normalized spacial score (nSPS) is 23.1. The van der Waals surface area contributed by atoms with Crippen LogP contribution in [0.25, 0.3) is 5.69 Å². The second-order valence-corrected chi connectivity index (χ2v) is 7.86. The number of aromatic nitrogens is 2. The molecule has 1 aromatic heterocycles. The van der Waals surface area contributed by atoms with Crippen molar-refractivity contribution < 1.29 is 14.3 Å². The summed E-state index contributed by atoms with van der Waals surface area (Å²) in [7, 11) is 0. The van der Waals surface area contributed by atoms with E-state index < -0.39 is 12.1 Å². The molecule has 1 N–H and O–H groups in total. The fourth-order valence-corrected chi connectivity index (χ4v) is 3.75. The zero-order valence-electron chi connectivity index (χ0n) is 17.0. The van der Waals surface area contributed by atoms with Crippen molar-refractivity contribution in [3.63, 3.8) is 0 Å². The van der Waals surface area contributed by atoms with Gasteiger partial charge in [0.1, 0.15) is 0 Å². The first-order valence-corrected chi connectivity index (χ1v) is 9.99. The molecular weight excluding hydrogens is 354 g/mol. The molecule has 150 valence electrons. The largest absolute Gasteiger partial charge is 0.449 e. The van der Waals surface area contributed by atoms with Crippen LogP contribution in [0.15, 0.2) is 36.5 Å². The SMILES string of the molecule is Cc1ccnn1-c1ccc(C(=O)O[C@@H](C)C(=O)N[C@H]2CCC[C@H](C)[C@@H]2C)cc1. The molecule has 0 spiro atoms. The Bertz CT molecular complexity index is 828. The highest BCUT2D eigenvalue weighted by molar-refractivity contribution is 5.92. The van der Waals surface area contributed by atoms with E-state index in [1.165, 1.54) is 6.42 Å². The molecule has 1 heterocycles. The van der Waals surface area contributed by atoms with Gasteiger partial charge in [-0.3, -0.25) is 4.79 Å². The molecule has 0 unspecified atom stereocenters. The quantitative estimate of drug-likeness (QED) is 0.800. The Labute approximate surface area is 166 Å². The number of esters is 1. The minimum atomic E-state index is -0.829. The van der Waals surface area contributed by atoms with Gasteiger partial charge in [-0.1, -0.05) is 26.7 Å². The molecule has 1 aliphatic carbocycles. The van der Waals surface area contributed by atoms with Gasteiger partial charge in [-0.2, -0.15) is 5.10 Å². The number of hydrogen-bond acceptors (Lipinski definition) is 4. The Kier molecular flexibility index (Phi) is 6.17. The van der Waals surface area contributed by atoms with Crippen molar-refractivity contribution in [2.75, 3.05) is 0 Å². The van der Waals surface area contributed by atoms with E-state index in [4.69, 9.17) is 4.74 Å². The van der Waals surface area contributed by atoms with Gasteiger partial charge < -0.3 is 10.1 Å². The summed E-state index contributed by atoms with van der Waals surface area (Å²) in [6.07, 6.45) is 4.20. The summed E-state index contributed by atoms with van der Waals surface area (Å²) < 4.78 is 7.17. The number of nitrogens with one attached hydrogen (secondary N) is 1. The van der Waals surface area contributed by atoms with E-state index in [2.05, 4.69) is 24.3 Å². The fourth-order valence-electron chi connectivity index (χ4n) is 3.75. The van der Waals surface area contributed by atoms with Crippen LogP contribution in [-0.4, -0.2) is 33.8 Å². The number of ether oxygens (including phenoxy) is 1. The van der Waals surface area contributed by atoms with E-state index in [9.17, 15) is 9.59 Å². The predicted octanol–water partition coefficient (Wildman–Crippen LogP) is 3.67. The molecule has 3 rings (SSSR count). The molecule has 2 aromatic rings. The van der Waals surface area contributed by atoms with Crippen LogP contribution < -0.4 is 5.32 Å². The van der Waals surface area contributed by atoms with E-state index in [0.717, 1.165) is 24.2 Å². The van der Waals surface area contributed by atoms with Crippen molar-refractivity contribution in [3.05, 3.63) is 47.8 Å². The summed E-state index contributed by atoms with van der Waals surface area (Å²) in [5, 5.41) is 7.31. The minimum absolute atomic E-state index is 0.147. The van der Waals surface area contributed by atoms with Crippen molar-refractivity contribution in [2.24, 2.45) is 11.8 Å². The molecule has 0 aliphatic heterocycles. The van der Waals surface area contributed by atoms with Crippen LogP contribution in [-0.2, 0) is 9.53 Å². The highest BCUT2D eigenvalue weighted by Gasteiger charge is 2.30. The van der Waals surface area contributed by atoms with Crippen molar-refractivity contribution in [3.8, 4) is 5.69 Å². The number of carbonyl (C=O) groups is 2. The van der Waals surface area contributed by atoms with E-state index in [1.807, 2.05) is 25.1 Å². The van der Waals surface area contributed by atoms with Crippen LogP contribution in [0.2, 0.25) is 0 Å². The lowest BCUT2D eigenvalue weighted by Crippen LogP contribution is -2.47. The summed E-state index contributed by atoms with van der Waals surface area (Å²) in [6.45, 7) is 7.98. The number of nitrogens with zero attached hydrogens (tertiary/aromatic N) is 2. The molecule has 1 aromatic carbocycles.